The maximum Gasteiger partial charge on any atom is 0.407 e. The lowest BCUT2D eigenvalue weighted by Gasteiger charge is -2.36. The van der Waals surface area contributed by atoms with E-state index in [0.717, 1.165) is 41.9 Å². The number of nitrogens with zero attached hydrogens (tertiary/aromatic N) is 6. The number of ether oxygens (including phenoxy) is 1. The molecule has 0 saturated carbocycles. The number of carbonyl (C=O) groups excluding carboxylic acids is 7. The Labute approximate surface area is 346 Å². The summed E-state index contributed by atoms with van der Waals surface area (Å²) < 4.78 is 5.74. The first-order valence-corrected chi connectivity index (χ1v) is 19.4. The molecule has 59 heavy (non-hydrogen) atoms. The van der Waals surface area contributed by atoms with E-state index < -0.39 is 96.9 Å². The number of nitrogens with one attached hydrogen (secondary N) is 1. The van der Waals surface area contributed by atoms with E-state index in [2.05, 4.69) is 5.32 Å². The number of hydrogen-bond acceptors (Lipinski definition) is 9. The molecule has 17 nitrogen and oxygen atoms in total. The van der Waals surface area contributed by atoms with Crippen LogP contribution in [-0.4, -0.2) is 176 Å². The number of carboxylic acid groups (broad SMARTS) is 1. The van der Waals surface area contributed by atoms with Crippen LogP contribution in [-0.2, 0) is 38.3 Å². The van der Waals surface area contributed by atoms with Gasteiger partial charge >= 0.3 is 12.1 Å². The number of fused-ring (bicyclic) bond motifs is 3. The molecule has 2 aromatic carbocycles. The zero-order valence-corrected chi connectivity index (χ0v) is 35.9. The van der Waals surface area contributed by atoms with Gasteiger partial charge in [0.25, 0.3) is 0 Å². The third kappa shape index (κ3) is 11.4. The maximum atomic E-state index is 14.3. The number of carbonyl (C=O) groups is 8. The lowest BCUT2D eigenvalue weighted by atomic mass is 9.96. The molecule has 322 valence electrons. The van der Waals surface area contributed by atoms with Crippen LogP contribution >= 0.6 is 0 Å². The zero-order valence-electron chi connectivity index (χ0n) is 35.9. The first kappa shape index (κ1) is 47.4. The first-order chi connectivity index (χ1) is 27.6. The van der Waals surface area contributed by atoms with E-state index in [0.29, 0.717) is 6.42 Å². The van der Waals surface area contributed by atoms with E-state index in [1.54, 1.807) is 6.92 Å². The average molecular weight is 822 g/mol. The number of alkyl carbamates (subject to hydrolysis) is 1. The first-order valence-electron chi connectivity index (χ1n) is 19.4. The number of aliphatic carboxylic acids is 1. The van der Waals surface area contributed by atoms with Gasteiger partial charge < -0.3 is 44.6 Å². The summed E-state index contributed by atoms with van der Waals surface area (Å²) in [5.41, 5.74) is 4.15. The highest BCUT2D eigenvalue weighted by Gasteiger charge is 2.40. The summed E-state index contributed by atoms with van der Waals surface area (Å²) in [5.74, 6) is -6.08. The predicted molar refractivity (Wildman–Crippen MR) is 219 cm³/mol. The molecule has 2 aromatic rings. The summed E-state index contributed by atoms with van der Waals surface area (Å²) in [6.45, 7) is 3.61. The van der Waals surface area contributed by atoms with Crippen molar-refractivity contribution >= 4 is 47.5 Å². The normalized spacial score (nSPS) is 14.2. The van der Waals surface area contributed by atoms with E-state index in [4.69, 9.17) is 4.74 Å². The second kappa shape index (κ2) is 20.6. The molecule has 1 aliphatic carbocycles. The number of rotatable bonds is 18. The van der Waals surface area contributed by atoms with Crippen LogP contribution in [0.15, 0.2) is 48.5 Å². The third-order valence-electron chi connectivity index (χ3n) is 10.9. The van der Waals surface area contributed by atoms with Gasteiger partial charge in [-0.3, -0.25) is 33.6 Å². The molecule has 17 heteroatoms. The Balaban J connectivity index is 1.83. The van der Waals surface area contributed by atoms with Crippen LogP contribution in [0.4, 0.5) is 4.79 Å². The summed E-state index contributed by atoms with van der Waals surface area (Å²) in [6, 6.07) is 10.4. The minimum absolute atomic E-state index is 0.0109. The van der Waals surface area contributed by atoms with E-state index in [9.17, 15) is 43.5 Å². The van der Waals surface area contributed by atoms with Crippen LogP contribution in [0.25, 0.3) is 11.1 Å². The van der Waals surface area contributed by atoms with Gasteiger partial charge in [-0.25, -0.2) is 4.79 Å². The van der Waals surface area contributed by atoms with Crippen molar-refractivity contribution in [3.05, 3.63) is 59.7 Å². The van der Waals surface area contributed by atoms with Crippen molar-refractivity contribution in [1.82, 2.24) is 34.7 Å². The van der Waals surface area contributed by atoms with E-state index >= 15 is 0 Å². The Kier molecular flexibility index (Phi) is 16.6. The number of amides is 7. The Morgan fingerprint density at radius 1 is 0.610 bits per heavy atom. The highest BCUT2D eigenvalue weighted by Crippen LogP contribution is 2.44. The molecule has 0 aromatic heterocycles. The molecular formula is C42H59N7O10. The Morgan fingerprint density at radius 3 is 1.39 bits per heavy atom. The fourth-order valence-corrected chi connectivity index (χ4v) is 7.02. The molecule has 3 rings (SSSR count). The minimum atomic E-state index is -1.42. The summed E-state index contributed by atoms with van der Waals surface area (Å²) in [5, 5.41) is 12.1. The van der Waals surface area contributed by atoms with E-state index in [1.165, 1.54) is 73.2 Å². The van der Waals surface area contributed by atoms with Crippen molar-refractivity contribution in [2.45, 2.75) is 69.6 Å². The second-order valence-electron chi connectivity index (χ2n) is 15.5. The topological polar surface area (TPSA) is 197 Å². The lowest BCUT2D eigenvalue weighted by Crippen LogP contribution is -2.58. The predicted octanol–water partition coefficient (Wildman–Crippen LogP) is 1.94. The van der Waals surface area contributed by atoms with E-state index in [-0.39, 0.29) is 12.5 Å². The van der Waals surface area contributed by atoms with Gasteiger partial charge in [0.05, 0.1) is 19.3 Å². The molecule has 0 radical (unpaired) electrons. The molecule has 1 aliphatic rings. The average Bonchev–Trinajstić information content (AvgIpc) is 3.52. The van der Waals surface area contributed by atoms with Gasteiger partial charge in [0.15, 0.2) is 0 Å². The van der Waals surface area contributed by atoms with Gasteiger partial charge in [-0.2, -0.15) is 0 Å². The summed E-state index contributed by atoms with van der Waals surface area (Å²) in [4.78, 5) is 113. The molecule has 0 aliphatic heterocycles. The third-order valence-corrected chi connectivity index (χ3v) is 10.9. The molecule has 2 N–H and O–H groups in total. The molecule has 0 spiro atoms. The fraction of sp³-hybridized carbons (Fsp3) is 0.524. The molecular weight excluding hydrogens is 763 g/mol. The largest absolute Gasteiger partial charge is 0.481 e. The number of hydrogen-bond donors (Lipinski definition) is 2. The van der Waals surface area contributed by atoms with Crippen molar-refractivity contribution in [2.24, 2.45) is 5.92 Å². The standard InChI is InChI=1S/C42H59N7O10/c1-12-25(2)37(43-42(58)59-24-30-28-19-15-13-17-26(28)27-18-14-16-20-29(27)30)41(57)49(11)32(39(55)45(5)6)22-35(51)47(9)31(38(54)44(3)4)21-34(50)48(10)33(23-36(52)53)40(56)46(7)8/h13-20,25,30-33,37H,12,21-24H2,1-11H3,(H,43,58)(H,52,53)/t25-,31-,32-,33-,37-/m0/s1. The van der Waals surface area contributed by atoms with Gasteiger partial charge in [-0.15, -0.1) is 0 Å². The SMILES string of the molecule is CC[C@H](C)[C@H](NC(=O)OCC1c2ccccc2-c2ccccc21)C(=O)N(C)[C@@H](CC(=O)N(C)[C@@H](CC(=O)N(C)[C@@H](CC(=O)O)C(=O)N(C)C)C(=O)N(C)C)C(=O)N(C)C. The molecule has 0 heterocycles. The van der Waals surface area contributed by atoms with Crippen LogP contribution in [0.1, 0.15) is 56.6 Å². The van der Waals surface area contributed by atoms with Crippen molar-refractivity contribution in [3.8, 4) is 11.1 Å². The number of carboxylic acids is 1. The molecule has 0 unspecified atom stereocenters. The van der Waals surface area contributed by atoms with Crippen LogP contribution in [0.3, 0.4) is 0 Å². The fourth-order valence-electron chi connectivity index (χ4n) is 7.02. The summed E-state index contributed by atoms with van der Waals surface area (Å²) in [6.07, 6.45) is -2.28. The minimum Gasteiger partial charge on any atom is -0.481 e. The smallest absolute Gasteiger partial charge is 0.407 e. The van der Waals surface area contributed by atoms with Crippen LogP contribution in [0.5, 0.6) is 0 Å². The monoisotopic (exact) mass is 821 g/mol. The number of likely N-dealkylation sites (N-methyl/N-ethyl adjacent to an activating group) is 6. The maximum absolute atomic E-state index is 14.3. The highest BCUT2D eigenvalue weighted by molar-refractivity contribution is 5.97. The molecule has 0 bridgehead atoms. The van der Waals surface area contributed by atoms with Crippen LogP contribution in [0, 0.1) is 5.92 Å². The summed E-state index contributed by atoms with van der Waals surface area (Å²) >= 11 is 0. The summed E-state index contributed by atoms with van der Waals surface area (Å²) in [7, 11) is 12.5. The van der Waals surface area contributed by atoms with Gasteiger partial charge in [0.2, 0.25) is 35.4 Å². The molecule has 0 saturated heterocycles. The van der Waals surface area contributed by atoms with Gasteiger partial charge in [0, 0.05) is 69.3 Å². The Morgan fingerprint density at radius 2 is 1.00 bits per heavy atom. The van der Waals surface area contributed by atoms with Crippen LogP contribution < -0.4 is 5.32 Å². The lowest BCUT2D eigenvalue weighted by molar-refractivity contribution is -0.153. The van der Waals surface area contributed by atoms with Gasteiger partial charge in [-0.1, -0.05) is 68.8 Å². The van der Waals surface area contributed by atoms with Crippen molar-refractivity contribution in [1.29, 1.82) is 0 Å². The van der Waals surface area contributed by atoms with Gasteiger partial charge in [-0.05, 0) is 28.2 Å². The van der Waals surface area contributed by atoms with Crippen LogP contribution in [0.2, 0.25) is 0 Å². The Hall–Kier alpha value is -6.00. The molecule has 5 atom stereocenters. The van der Waals surface area contributed by atoms with Crippen molar-refractivity contribution in [2.75, 3.05) is 70.0 Å². The Bertz CT molecular complexity index is 1850. The molecule has 0 fully saturated rings. The molecule has 7 amide bonds. The quantitative estimate of drug-likeness (QED) is 0.224. The van der Waals surface area contributed by atoms with Crippen molar-refractivity contribution < 1.29 is 48.2 Å². The van der Waals surface area contributed by atoms with Crippen molar-refractivity contribution in [3.63, 3.8) is 0 Å². The second-order valence-corrected chi connectivity index (χ2v) is 15.5. The van der Waals surface area contributed by atoms with Gasteiger partial charge in [0.1, 0.15) is 30.8 Å². The highest BCUT2D eigenvalue weighted by atomic mass is 16.5. The number of benzene rings is 2. The van der Waals surface area contributed by atoms with E-state index in [1.807, 2.05) is 55.5 Å². The zero-order chi connectivity index (χ0) is 44.5.